The topological polar surface area (TPSA) is 64.7 Å². The zero-order valence-electron chi connectivity index (χ0n) is 11.9. The van der Waals surface area contributed by atoms with Crippen molar-refractivity contribution in [2.24, 2.45) is 10.6 Å². The molecule has 2 rings (SSSR count). The zero-order valence-corrected chi connectivity index (χ0v) is 11.9. The van der Waals surface area contributed by atoms with Crippen molar-refractivity contribution in [2.75, 3.05) is 0 Å². The van der Waals surface area contributed by atoms with Crippen LogP contribution in [-0.2, 0) is 22.5 Å². The quantitative estimate of drug-likeness (QED) is 0.622. The highest BCUT2D eigenvalue weighted by Crippen LogP contribution is 2.36. The first-order valence-corrected chi connectivity index (χ1v) is 6.65. The molecular formula is C14H20N2O3. The fourth-order valence-electron chi connectivity index (χ4n) is 2.45. The molecule has 1 aromatic heterocycles. The van der Waals surface area contributed by atoms with E-state index in [2.05, 4.69) is 31.1 Å². The molecule has 0 unspecified atom stereocenters. The lowest BCUT2D eigenvalue weighted by Gasteiger charge is -2.28. The van der Waals surface area contributed by atoms with Crippen molar-refractivity contribution in [3.8, 4) is 0 Å². The number of nitrogens with zero attached hydrogens (tertiary/aromatic N) is 2. The van der Waals surface area contributed by atoms with Crippen molar-refractivity contribution < 1.29 is 14.2 Å². The predicted octanol–water partition coefficient (Wildman–Crippen LogP) is 2.87. The Morgan fingerprint density at radius 3 is 2.84 bits per heavy atom. The van der Waals surface area contributed by atoms with Crippen LogP contribution in [0.1, 0.15) is 57.6 Å². The SMILES string of the molecule is CCCc1noc2c1C(=NOC(C)=O)CC(C)(C)C2. The predicted molar refractivity (Wildman–Crippen MR) is 70.9 cm³/mol. The van der Waals surface area contributed by atoms with Gasteiger partial charge >= 0.3 is 5.97 Å². The molecule has 1 heterocycles. The van der Waals surface area contributed by atoms with Crippen LogP contribution in [0.15, 0.2) is 9.68 Å². The third-order valence-electron chi connectivity index (χ3n) is 3.18. The molecule has 0 saturated carbocycles. The molecule has 0 spiro atoms. The van der Waals surface area contributed by atoms with Gasteiger partial charge < -0.3 is 9.36 Å². The van der Waals surface area contributed by atoms with E-state index < -0.39 is 5.97 Å². The van der Waals surface area contributed by atoms with Crippen molar-refractivity contribution in [3.05, 3.63) is 17.0 Å². The second-order valence-corrected chi connectivity index (χ2v) is 5.82. The van der Waals surface area contributed by atoms with Crippen LogP contribution in [0, 0.1) is 5.41 Å². The van der Waals surface area contributed by atoms with E-state index in [1.54, 1.807) is 0 Å². The maximum absolute atomic E-state index is 10.9. The van der Waals surface area contributed by atoms with Gasteiger partial charge in [0.15, 0.2) is 0 Å². The van der Waals surface area contributed by atoms with Gasteiger partial charge in [0.05, 0.1) is 17.0 Å². The highest BCUT2D eigenvalue weighted by Gasteiger charge is 2.35. The van der Waals surface area contributed by atoms with Crippen molar-refractivity contribution >= 4 is 11.7 Å². The normalized spacial score (nSPS) is 19.3. The van der Waals surface area contributed by atoms with Crippen LogP contribution < -0.4 is 0 Å². The van der Waals surface area contributed by atoms with Crippen LogP contribution in [-0.4, -0.2) is 16.8 Å². The summed E-state index contributed by atoms with van der Waals surface area (Å²) in [4.78, 5) is 15.8. The molecule has 104 valence electrons. The Hall–Kier alpha value is -1.65. The van der Waals surface area contributed by atoms with E-state index in [4.69, 9.17) is 9.36 Å². The van der Waals surface area contributed by atoms with Crippen molar-refractivity contribution in [3.63, 3.8) is 0 Å². The minimum Gasteiger partial charge on any atom is -0.360 e. The number of fused-ring (bicyclic) bond motifs is 1. The number of aryl methyl sites for hydroxylation is 1. The molecule has 0 saturated heterocycles. The maximum Gasteiger partial charge on any atom is 0.331 e. The number of hydrogen-bond donors (Lipinski definition) is 0. The van der Waals surface area contributed by atoms with Crippen molar-refractivity contribution in [1.29, 1.82) is 0 Å². The minimum absolute atomic E-state index is 0.0367. The molecule has 0 aromatic carbocycles. The summed E-state index contributed by atoms with van der Waals surface area (Å²) in [5.74, 6) is 0.441. The largest absolute Gasteiger partial charge is 0.360 e. The smallest absolute Gasteiger partial charge is 0.331 e. The summed E-state index contributed by atoms with van der Waals surface area (Å²) in [5.41, 5.74) is 2.67. The van der Waals surface area contributed by atoms with Crippen LogP contribution in [0.3, 0.4) is 0 Å². The van der Waals surface area contributed by atoms with Crippen LogP contribution in [0.4, 0.5) is 0 Å². The van der Waals surface area contributed by atoms with Crippen LogP contribution in [0.5, 0.6) is 0 Å². The Kier molecular flexibility index (Phi) is 3.73. The standard InChI is InChI=1S/C14H20N2O3/c1-5-6-10-13-11(16-18-9(2)17)7-14(3,4)8-12(13)19-15-10/h5-8H2,1-4H3. The van der Waals surface area contributed by atoms with Crippen molar-refractivity contribution in [1.82, 2.24) is 5.16 Å². The fourth-order valence-corrected chi connectivity index (χ4v) is 2.45. The van der Waals surface area contributed by atoms with Gasteiger partial charge in [-0.3, -0.25) is 0 Å². The number of carbonyl (C=O) groups is 1. The van der Waals surface area contributed by atoms with E-state index in [9.17, 15) is 4.79 Å². The van der Waals surface area contributed by atoms with Gasteiger partial charge in [-0.25, -0.2) is 4.79 Å². The fraction of sp³-hybridized carbons (Fsp3) is 0.643. The molecule has 0 fully saturated rings. The van der Waals surface area contributed by atoms with E-state index in [-0.39, 0.29) is 5.41 Å². The Morgan fingerprint density at radius 1 is 1.47 bits per heavy atom. The number of carbonyl (C=O) groups excluding carboxylic acids is 1. The van der Waals surface area contributed by atoms with E-state index in [1.807, 2.05) is 0 Å². The second-order valence-electron chi connectivity index (χ2n) is 5.82. The van der Waals surface area contributed by atoms with Crippen LogP contribution >= 0.6 is 0 Å². The molecule has 1 aliphatic carbocycles. The van der Waals surface area contributed by atoms with E-state index in [0.29, 0.717) is 0 Å². The third-order valence-corrected chi connectivity index (χ3v) is 3.18. The third kappa shape index (κ3) is 3.03. The summed E-state index contributed by atoms with van der Waals surface area (Å²) in [6.07, 6.45) is 3.42. The van der Waals surface area contributed by atoms with Crippen LogP contribution in [0.2, 0.25) is 0 Å². The lowest BCUT2D eigenvalue weighted by atomic mass is 9.75. The number of oxime groups is 1. The number of hydrogen-bond acceptors (Lipinski definition) is 5. The Balaban J connectivity index is 2.41. The van der Waals surface area contributed by atoms with E-state index in [1.165, 1.54) is 6.92 Å². The van der Waals surface area contributed by atoms with Gasteiger partial charge in [-0.2, -0.15) is 0 Å². The molecule has 0 radical (unpaired) electrons. The number of aromatic nitrogens is 1. The summed E-state index contributed by atoms with van der Waals surface area (Å²) in [6, 6.07) is 0. The molecule has 5 heteroatoms. The second kappa shape index (κ2) is 5.15. The summed E-state index contributed by atoms with van der Waals surface area (Å²) < 4.78 is 5.44. The highest BCUT2D eigenvalue weighted by molar-refractivity contribution is 6.03. The van der Waals surface area contributed by atoms with Gasteiger partial charge in [0, 0.05) is 13.3 Å². The van der Waals surface area contributed by atoms with E-state index in [0.717, 1.165) is 48.4 Å². The first kappa shape index (κ1) is 13.8. The van der Waals surface area contributed by atoms with Gasteiger partial charge in [-0.15, -0.1) is 0 Å². The lowest BCUT2D eigenvalue weighted by Crippen LogP contribution is -2.27. The van der Waals surface area contributed by atoms with Gasteiger partial charge in [-0.05, 0) is 18.3 Å². The maximum atomic E-state index is 10.9. The van der Waals surface area contributed by atoms with Crippen LogP contribution in [0.25, 0.3) is 0 Å². The average molecular weight is 264 g/mol. The Labute approximate surface area is 113 Å². The Morgan fingerprint density at radius 2 is 2.21 bits per heavy atom. The molecule has 1 aliphatic rings. The Bertz CT molecular complexity index is 515. The minimum atomic E-state index is -0.411. The zero-order chi connectivity index (χ0) is 14.0. The molecule has 0 atom stereocenters. The molecule has 0 N–H and O–H groups in total. The van der Waals surface area contributed by atoms with Gasteiger partial charge in [0.25, 0.3) is 0 Å². The van der Waals surface area contributed by atoms with E-state index >= 15 is 0 Å². The molecule has 19 heavy (non-hydrogen) atoms. The summed E-state index contributed by atoms with van der Waals surface area (Å²) in [5, 5.41) is 8.14. The van der Waals surface area contributed by atoms with Gasteiger partial charge in [-0.1, -0.05) is 37.5 Å². The first-order valence-electron chi connectivity index (χ1n) is 6.65. The lowest BCUT2D eigenvalue weighted by molar-refractivity contribution is -0.140. The number of rotatable bonds is 3. The molecule has 1 aromatic rings. The van der Waals surface area contributed by atoms with Crippen molar-refractivity contribution in [2.45, 2.75) is 53.4 Å². The molecule has 0 amide bonds. The van der Waals surface area contributed by atoms with Gasteiger partial charge in [0.2, 0.25) is 0 Å². The highest BCUT2D eigenvalue weighted by atomic mass is 16.7. The monoisotopic (exact) mass is 264 g/mol. The average Bonchev–Trinajstić information content (AvgIpc) is 2.68. The summed E-state index contributed by atoms with van der Waals surface area (Å²) in [6.45, 7) is 7.72. The first-order chi connectivity index (χ1) is 8.93. The molecule has 0 bridgehead atoms. The van der Waals surface area contributed by atoms with Gasteiger partial charge in [0.1, 0.15) is 5.76 Å². The molecule has 5 nitrogen and oxygen atoms in total. The molecule has 0 aliphatic heterocycles. The summed E-state index contributed by atoms with van der Waals surface area (Å²) >= 11 is 0. The summed E-state index contributed by atoms with van der Waals surface area (Å²) in [7, 11) is 0. The molecular weight excluding hydrogens is 244 g/mol.